The summed E-state index contributed by atoms with van der Waals surface area (Å²) in [5.41, 5.74) is 0.564. The molecule has 2 rings (SSSR count). The van der Waals surface area contributed by atoms with E-state index in [9.17, 15) is 5.11 Å². The lowest BCUT2D eigenvalue weighted by Crippen LogP contribution is -2.01. The van der Waals surface area contributed by atoms with Gasteiger partial charge in [0.25, 0.3) is 0 Å². The summed E-state index contributed by atoms with van der Waals surface area (Å²) < 4.78 is 21.0. The quantitative estimate of drug-likeness (QED) is 0.846. The number of benzene rings is 1. The van der Waals surface area contributed by atoms with E-state index in [1.807, 2.05) is 0 Å². The number of rotatable bonds is 3. The van der Waals surface area contributed by atoms with Gasteiger partial charge in [-0.1, -0.05) is 0 Å². The van der Waals surface area contributed by atoms with Crippen molar-refractivity contribution in [3.8, 4) is 23.0 Å². The van der Waals surface area contributed by atoms with Crippen LogP contribution in [-0.2, 0) is 0 Å². The summed E-state index contributed by atoms with van der Waals surface area (Å²) in [5, 5.41) is 9.72. The molecule has 1 aromatic carbocycles. The molecule has 16 heavy (non-hydrogen) atoms. The van der Waals surface area contributed by atoms with E-state index < -0.39 is 6.10 Å². The van der Waals surface area contributed by atoms with Gasteiger partial charge in [0, 0.05) is 6.07 Å². The molecule has 88 valence electrons. The number of ether oxygens (including phenoxy) is 4. The van der Waals surface area contributed by atoms with Gasteiger partial charge >= 0.3 is 0 Å². The van der Waals surface area contributed by atoms with Gasteiger partial charge in [-0.3, -0.25) is 0 Å². The molecule has 1 aliphatic heterocycles. The Morgan fingerprint density at radius 3 is 2.62 bits per heavy atom. The molecule has 5 heteroatoms. The minimum Gasteiger partial charge on any atom is -0.496 e. The van der Waals surface area contributed by atoms with Crippen LogP contribution >= 0.6 is 0 Å². The van der Waals surface area contributed by atoms with Gasteiger partial charge in [-0.2, -0.15) is 0 Å². The largest absolute Gasteiger partial charge is 0.496 e. The number of aliphatic hydroxyl groups excluding tert-OH is 1. The van der Waals surface area contributed by atoms with Crippen molar-refractivity contribution >= 4 is 0 Å². The summed E-state index contributed by atoms with van der Waals surface area (Å²) in [6.07, 6.45) is -0.709. The molecule has 1 unspecified atom stereocenters. The summed E-state index contributed by atoms with van der Waals surface area (Å²) in [5.74, 6) is 2.07. The normalized spacial score (nSPS) is 14.8. The molecule has 1 aromatic rings. The van der Waals surface area contributed by atoms with Gasteiger partial charge in [0.05, 0.1) is 25.9 Å². The zero-order valence-corrected chi connectivity index (χ0v) is 9.44. The third-order valence-corrected chi connectivity index (χ3v) is 2.46. The second kappa shape index (κ2) is 4.09. The molecular formula is C11H14O5. The molecule has 1 atom stereocenters. The van der Waals surface area contributed by atoms with Gasteiger partial charge in [-0.25, -0.2) is 0 Å². The third kappa shape index (κ3) is 1.53. The minimum absolute atomic E-state index is 0.151. The van der Waals surface area contributed by atoms with Crippen molar-refractivity contribution in [3.05, 3.63) is 11.6 Å². The molecule has 0 amide bonds. The lowest BCUT2D eigenvalue weighted by atomic mass is 10.1. The number of hydrogen-bond acceptors (Lipinski definition) is 5. The van der Waals surface area contributed by atoms with Crippen molar-refractivity contribution in [3.63, 3.8) is 0 Å². The summed E-state index contributed by atoms with van der Waals surface area (Å²) in [6.45, 7) is 1.79. The van der Waals surface area contributed by atoms with E-state index >= 15 is 0 Å². The fourth-order valence-electron chi connectivity index (χ4n) is 1.77. The molecular weight excluding hydrogens is 212 g/mol. The Balaban J connectivity index is 2.65. The van der Waals surface area contributed by atoms with Crippen LogP contribution in [0.2, 0.25) is 0 Å². The Bertz CT molecular complexity index is 400. The summed E-state index contributed by atoms with van der Waals surface area (Å²) in [7, 11) is 3.05. The van der Waals surface area contributed by atoms with Crippen LogP contribution in [0.5, 0.6) is 23.0 Å². The highest BCUT2D eigenvalue weighted by Crippen LogP contribution is 2.49. The minimum atomic E-state index is -0.709. The Morgan fingerprint density at radius 2 is 2.06 bits per heavy atom. The number of hydrogen-bond donors (Lipinski definition) is 1. The lowest BCUT2D eigenvalue weighted by molar-refractivity contribution is 0.168. The van der Waals surface area contributed by atoms with Crippen molar-refractivity contribution in [1.82, 2.24) is 0 Å². The van der Waals surface area contributed by atoms with Gasteiger partial charge in [0.15, 0.2) is 11.5 Å². The third-order valence-electron chi connectivity index (χ3n) is 2.46. The lowest BCUT2D eigenvalue weighted by Gasteiger charge is -2.16. The number of methoxy groups -OCH3 is 2. The van der Waals surface area contributed by atoms with Crippen LogP contribution in [0.1, 0.15) is 18.6 Å². The molecule has 0 aliphatic carbocycles. The van der Waals surface area contributed by atoms with E-state index in [4.69, 9.17) is 18.9 Å². The highest BCUT2D eigenvalue weighted by atomic mass is 16.7. The van der Waals surface area contributed by atoms with Crippen LogP contribution in [-0.4, -0.2) is 26.1 Å². The Kier molecular flexibility index (Phi) is 2.78. The van der Waals surface area contributed by atoms with Crippen molar-refractivity contribution in [2.24, 2.45) is 0 Å². The van der Waals surface area contributed by atoms with Gasteiger partial charge in [0.1, 0.15) is 5.75 Å². The standard InChI is InChI=1S/C11H14O5/c1-6(12)9-7(13-2)4-8-10(11(9)14-3)16-5-15-8/h4,6,12H,5H2,1-3H3. The van der Waals surface area contributed by atoms with Crippen LogP contribution < -0.4 is 18.9 Å². The fraction of sp³-hybridized carbons (Fsp3) is 0.455. The Morgan fingerprint density at radius 1 is 1.31 bits per heavy atom. The van der Waals surface area contributed by atoms with Crippen LogP contribution in [0.25, 0.3) is 0 Å². The van der Waals surface area contributed by atoms with Gasteiger partial charge in [0.2, 0.25) is 12.5 Å². The molecule has 0 aromatic heterocycles. The van der Waals surface area contributed by atoms with Gasteiger partial charge in [-0.05, 0) is 6.92 Å². The van der Waals surface area contributed by atoms with Crippen molar-refractivity contribution < 1.29 is 24.1 Å². The molecule has 0 fully saturated rings. The first kappa shape index (κ1) is 10.9. The van der Waals surface area contributed by atoms with Crippen LogP contribution in [0, 0.1) is 0 Å². The fourth-order valence-corrected chi connectivity index (χ4v) is 1.77. The predicted molar refractivity (Wildman–Crippen MR) is 56.3 cm³/mol. The molecule has 0 saturated carbocycles. The molecule has 5 nitrogen and oxygen atoms in total. The van der Waals surface area contributed by atoms with E-state index in [1.165, 1.54) is 14.2 Å². The molecule has 0 spiro atoms. The summed E-state index contributed by atoms with van der Waals surface area (Å²) in [4.78, 5) is 0. The van der Waals surface area contributed by atoms with E-state index in [0.29, 0.717) is 28.6 Å². The maximum atomic E-state index is 9.72. The zero-order valence-electron chi connectivity index (χ0n) is 9.44. The smallest absolute Gasteiger partial charge is 0.231 e. The second-order valence-electron chi connectivity index (χ2n) is 3.44. The van der Waals surface area contributed by atoms with Gasteiger partial charge in [-0.15, -0.1) is 0 Å². The van der Waals surface area contributed by atoms with Crippen molar-refractivity contribution in [1.29, 1.82) is 0 Å². The highest BCUT2D eigenvalue weighted by molar-refractivity contribution is 5.63. The molecule has 1 N–H and O–H groups in total. The topological polar surface area (TPSA) is 57.2 Å². The first-order valence-corrected chi connectivity index (χ1v) is 4.91. The monoisotopic (exact) mass is 226 g/mol. The average Bonchev–Trinajstić information content (AvgIpc) is 2.73. The van der Waals surface area contributed by atoms with E-state index in [-0.39, 0.29) is 6.79 Å². The van der Waals surface area contributed by atoms with Crippen LogP contribution in [0.15, 0.2) is 6.07 Å². The first-order valence-electron chi connectivity index (χ1n) is 4.91. The molecule has 0 radical (unpaired) electrons. The summed E-state index contributed by atoms with van der Waals surface area (Å²) >= 11 is 0. The molecule has 0 saturated heterocycles. The maximum absolute atomic E-state index is 9.72. The number of aliphatic hydroxyl groups is 1. The van der Waals surface area contributed by atoms with Crippen LogP contribution in [0.4, 0.5) is 0 Å². The SMILES string of the molecule is COc1cc2c(c(OC)c1C(C)O)OCO2. The van der Waals surface area contributed by atoms with E-state index in [0.717, 1.165) is 0 Å². The van der Waals surface area contributed by atoms with Crippen molar-refractivity contribution in [2.45, 2.75) is 13.0 Å². The maximum Gasteiger partial charge on any atom is 0.231 e. The van der Waals surface area contributed by atoms with Gasteiger partial charge < -0.3 is 24.1 Å². The predicted octanol–water partition coefficient (Wildman–Crippen LogP) is 1.49. The zero-order chi connectivity index (χ0) is 11.7. The molecule has 1 aliphatic rings. The Hall–Kier alpha value is -1.62. The van der Waals surface area contributed by atoms with Crippen molar-refractivity contribution in [2.75, 3.05) is 21.0 Å². The number of fused-ring (bicyclic) bond motifs is 1. The Labute approximate surface area is 93.5 Å². The molecule has 1 heterocycles. The average molecular weight is 226 g/mol. The highest BCUT2D eigenvalue weighted by Gasteiger charge is 2.27. The van der Waals surface area contributed by atoms with E-state index in [2.05, 4.69) is 0 Å². The van der Waals surface area contributed by atoms with Crippen LogP contribution in [0.3, 0.4) is 0 Å². The second-order valence-corrected chi connectivity index (χ2v) is 3.44. The first-order chi connectivity index (χ1) is 7.69. The summed E-state index contributed by atoms with van der Waals surface area (Å²) in [6, 6.07) is 1.69. The molecule has 0 bridgehead atoms. The van der Waals surface area contributed by atoms with E-state index in [1.54, 1.807) is 13.0 Å².